The number of benzene rings is 2. The molecular weight excluding hydrogens is 512 g/mol. The second kappa shape index (κ2) is 12.0. The van der Waals surface area contributed by atoms with Gasteiger partial charge in [0.25, 0.3) is 5.69 Å². The molecule has 2 aromatic carbocycles. The Morgan fingerprint density at radius 2 is 1.83 bits per heavy atom. The van der Waals surface area contributed by atoms with E-state index in [0.717, 1.165) is 13.2 Å². The Morgan fingerprint density at radius 1 is 1.19 bits per heavy atom. The smallest absolute Gasteiger partial charge is 0.423 e. The van der Waals surface area contributed by atoms with Gasteiger partial charge in [-0.15, -0.1) is 0 Å². The first-order valence-electron chi connectivity index (χ1n) is 10.2. The van der Waals surface area contributed by atoms with Gasteiger partial charge in [-0.25, -0.2) is 9.59 Å². The Balaban J connectivity index is 2.12. The largest absolute Gasteiger partial charge is 0.467 e. The highest BCUT2D eigenvalue weighted by atomic mass is 31.2. The number of hydrogen-bond acceptors (Lipinski definition) is 8. The van der Waals surface area contributed by atoms with Gasteiger partial charge in [-0.1, -0.05) is 30.3 Å². The summed E-state index contributed by atoms with van der Waals surface area (Å²) in [5, 5.41) is 23.3. The lowest BCUT2D eigenvalue weighted by Crippen LogP contribution is -2.42. The van der Waals surface area contributed by atoms with Gasteiger partial charge in [0, 0.05) is 12.2 Å². The summed E-state index contributed by atoms with van der Waals surface area (Å²) in [6, 6.07) is 8.44. The molecule has 1 amide bonds. The number of esters is 1. The molecule has 0 aliphatic carbocycles. The third-order valence-corrected chi connectivity index (χ3v) is 6.89. The van der Waals surface area contributed by atoms with Gasteiger partial charge in [-0.05, 0) is 29.7 Å². The van der Waals surface area contributed by atoms with Crippen molar-refractivity contribution in [3.05, 3.63) is 75.3 Å². The van der Waals surface area contributed by atoms with Gasteiger partial charge in [0.2, 0.25) is 7.37 Å². The number of methoxy groups -OCH3 is 1. The predicted molar refractivity (Wildman–Crippen MR) is 118 cm³/mol. The van der Waals surface area contributed by atoms with Gasteiger partial charge >= 0.3 is 18.2 Å². The van der Waals surface area contributed by atoms with Gasteiger partial charge in [0.1, 0.15) is 18.2 Å². The van der Waals surface area contributed by atoms with Crippen molar-refractivity contribution in [3.8, 4) is 0 Å². The maximum Gasteiger partial charge on any atom is 0.423 e. The number of hydrogen-bond donors (Lipinski definition) is 3. The number of carbonyl (C=O) groups excluding carboxylic acids is 2. The first kappa shape index (κ1) is 28.8. The van der Waals surface area contributed by atoms with Crippen molar-refractivity contribution in [1.82, 2.24) is 5.32 Å². The Morgan fingerprint density at radius 3 is 2.39 bits per heavy atom. The molecule has 0 aliphatic rings. The summed E-state index contributed by atoms with van der Waals surface area (Å²) in [6.45, 7) is -0.139. The molecule has 15 heteroatoms. The van der Waals surface area contributed by atoms with Crippen molar-refractivity contribution >= 4 is 25.1 Å². The fraction of sp³-hybridized carbons (Fsp3) is 0.333. The number of nitrogens with one attached hydrogen (secondary N) is 1. The number of ether oxygens (including phenoxy) is 2. The molecule has 0 saturated heterocycles. The van der Waals surface area contributed by atoms with Crippen LogP contribution in [0.1, 0.15) is 29.0 Å². The average molecular weight is 534 g/mol. The van der Waals surface area contributed by atoms with Crippen LogP contribution in [0.5, 0.6) is 0 Å². The van der Waals surface area contributed by atoms with Crippen molar-refractivity contribution in [2.24, 2.45) is 0 Å². The zero-order valence-electron chi connectivity index (χ0n) is 18.7. The first-order valence-corrected chi connectivity index (χ1v) is 12.1. The number of alkyl halides is 3. The number of aliphatic hydroxyl groups is 1. The van der Waals surface area contributed by atoms with Gasteiger partial charge in [-0.3, -0.25) is 14.7 Å². The highest BCUT2D eigenvalue weighted by Crippen LogP contribution is 2.55. The Hall–Kier alpha value is -3.48. The van der Waals surface area contributed by atoms with Gasteiger partial charge in [0.05, 0.1) is 12.0 Å². The highest BCUT2D eigenvalue weighted by Gasteiger charge is 2.40. The quantitative estimate of drug-likeness (QED) is 0.178. The number of amides is 1. The molecule has 0 heterocycles. The third kappa shape index (κ3) is 7.77. The van der Waals surface area contributed by atoms with Crippen LogP contribution in [0.2, 0.25) is 0 Å². The lowest BCUT2D eigenvalue weighted by Gasteiger charge is -2.22. The molecule has 11 nitrogen and oxygen atoms in total. The summed E-state index contributed by atoms with van der Waals surface area (Å²) in [4.78, 5) is 44.0. The summed E-state index contributed by atoms with van der Waals surface area (Å²) < 4.78 is 61.8. The zero-order valence-corrected chi connectivity index (χ0v) is 19.6. The molecule has 0 aromatic heterocycles. The zero-order chi connectivity index (χ0) is 27.1. The van der Waals surface area contributed by atoms with Crippen molar-refractivity contribution in [1.29, 1.82) is 0 Å². The Labute approximate surface area is 202 Å². The molecule has 3 atom stereocenters. The average Bonchev–Trinajstić information content (AvgIpc) is 2.83. The molecule has 0 aliphatic heterocycles. The number of nitro groups is 1. The molecule has 0 bridgehead atoms. The molecule has 0 radical (unpaired) electrons. The highest BCUT2D eigenvalue weighted by molar-refractivity contribution is 7.58. The first-order chi connectivity index (χ1) is 16.8. The van der Waals surface area contributed by atoms with E-state index < -0.39 is 71.8 Å². The topological polar surface area (TPSA) is 165 Å². The number of aliphatic hydroxyl groups excluding tert-OH is 1. The van der Waals surface area contributed by atoms with Crippen molar-refractivity contribution < 1.29 is 51.7 Å². The van der Waals surface area contributed by atoms with Crippen molar-refractivity contribution in [3.63, 3.8) is 0 Å². The third-order valence-electron chi connectivity index (χ3n) is 4.93. The van der Waals surface area contributed by atoms with E-state index in [1.165, 1.54) is 0 Å². The normalized spacial score (nSPS) is 14.7. The minimum atomic E-state index is -5.17. The van der Waals surface area contributed by atoms with Crippen LogP contribution < -0.4 is 5.32 Å². The Kier molecular flexibility index (Phi) is 9.56. The standard InChI is InChI=1S/C21H22F3N2O9P/c1-34-18(27)16(25-20(29)35-12-13-5-3-2-4-6-13)9-10-36(32,33)19(28)14-7-8-17(26(30)31)15(11-14)21(22,23)24/h2-8,11,16,19,28H,9-10,12H2,1H3,(H,25,29)(H,32,33)/t16-,19?/m0/s1. The van der Waals surface area contributed by atoms with Crippen LogP contribution >= 0.6 is 7.37 Å². The summed E-state index contributed by atoms with van der Waals surface area (Å²) in [5.74, 6) is -3.36. The number of rotatable bonds is 10. The molecule has 2 aromatic rings. The monoisotopic (exact) mass is 534 g/mol. The molecule has 0 fully saturated rings. The lowest BCUT2D eigenvalue weighted by atomic mass is 10.1. The van der Waals surface area contributed by atoms with Gasteiger partial charge in [0.15, 0.2) is 5.85 Å². The van der Waals surface area contributed by atoms with E-state index in [1.807, 2.05) is 0 Å². The molecule has 3 N–H and O–H groups in total. The molecule has 0 spiro atoms. The van der Waals surface area contributed by atoms with Crippen LogP contribution in [0, 0.1) is 10.1 Å². The van der Waals surface area contributed by atoms with Crippen LogP contribution in [-0.2, 0) is 31.6 Å². The summed E-state index contributed by atoms with van der Waals surface area (Å²) in [6.07, 6.45) is -7.59. The van der Waals surface area contributed by atoms with E-state index in [0.29, 0.717) is 11.6 Å². The maximum absolute atomic E-state index is 13.2. The number of halogens is 3. The second-order valence-corrected chi connectivity index (χ2v) is 9.90. The predicted octanol–water partition coefficient (Wildman–Crippen LogP) is 3.73. The van der Waals surface area contributed by atoms with Crippen molar-refractivity contribution in [2.45, 2.75) is 31.1 Å². The van der Waals surface area contributed by atoms with E-state index in [-0.39, 0.29) is 12.7 Å². The van der Waals surface area contributed by atoms with E-state index in [1.54, 1.807) is 30.3 Å². The minimum absolute atomic E-state index is 0.139. The van der Waals surface area contributed by atoms with Crippen LogP contribution in [-0.4, -0.2) is 46.3 Å². The van der Waals surface area contributed by atoms with Crippen LogP contribution in [0.15, 0.2) is 48.5 Å². The SMILES string of the molecule is COC(=O)[C@H](CCP(=O)(O)C(O)c1ccc([N+](=O)[O-])c(C(F)(F)F)c1)NC(=O)OCc1ccccc1. The molecule has 0 saturated carbocycles. The second-order valence-electron chi connectivity index (χ2n) is 7.45. The summed E-state index contributed by atoms with van der Waals surface area (Å²) in [7, 11) is -3.71. The van der Waals surface area contributed by atoms with Crippen molar-refractivity contribution in [2.75, 3.05) is 13.3 Å². The summed E-state index contributed by atoms with van der Waals surface area (Å²) in [5.41, 5.74) is -3.05. The maximum atomic E-state index is 13.2. The lowest BCUT2D eigenvalue weighted by molar-refractivity contribution is -0.388. The summed E-state index contributed by atoms with van der Waals surface area (Å²) >= 11 is 0. The number of alkyl carbamates (subject to hydrolysis) is 1. The number of carbonyl (C=O) groups is 2. The van der Waals surface area contributed by atoms with E-state index >= 15 is 0 Å². The van der Waals surface area contributed by atoms with Crippen LogP contribution in [0.25, 0.3) is 0 Å². The Bertz CT molecular complexity index is 1150. The van der Waals surface area contributed by atoms with Crippen LogP contribution in [0.4, 0.5) is 23.7 Å². The molecule has 36 heavy (non-hydrogen) atoms. The molecule has 196 valence electrons. The molecule has 2 unspecified atom stereocenters. The van der Waals surface area contributed by atoms with E-state index in [4.69, 9.17) is 4.74 Å². The molecule has 2 rings (SSSR count). The number of nitro benzene ring substituents is 1. The molecular formula is C21H22F3N2O9P. The van der Waals surface area contributed by atoms with Gasteiger partial charge < -0.3 is 24.8 Å². The van der Waals surface area contributed by atoms with E-state index in [9.17, 15) is 47.4 Å². The van der Waals surface area contributed by atoms with Crippen LogP contribution in [0.3, 0.4) is 0 Å². The minimum Gasteiger partial charge on any atom is -0.467 e. The fourth-order valence-electron chi connectivity index (χ4n) is 3.07. The number of nitrogens with zero attached hydrogens (tertiary/aromatic N) is 1. The van der Waals surface area contributed by atoms with E-state index in [2.05, 4.69) is 10.1 Å². The van der Waals surface area contributed by atoms with Gasteiger partial charge in [-0.2, -0.15) is 13.2 Å². The fourth-order valence-corrected chi connectivity index (χ4v) is 4.57.